The maximum atomic E-state index is 14.6. The maximum absolute atomic E-state index is 14.6. The topological polar surface area (TPSA) is 0 Å². The Bertz CT molecular complexity index is 476. The zero-order chi connectivity index (χ0) is 19.0. The molecule has 0 saturated carbocycles. The first kappa shape index (κ1) is 22.7. The number of unbranched alkanes of at least 4 members (excludes halogenated alkanes) is 2. The third-order valence-electron chi connectivity index (χ3n) is 5.00. The molecular formula is C19H29F5Sn. The van der Waals surface area contributed by atoms with Crippen LogP contribution in [0, 0.1) is 0 Å². The van der Waals surface area contributed by atoms with Gasteiger partial charge in [-0.3, -0.25) is 0 Å². The minimum atomic E-state index is -5.41. The number of hydrogen-bond donors (Lipinski definition) is 0. The normalized spacial score (nSPS) is 13.2. The van der Waals surface area contributed by atoms with E-state index in [1.165, 1.54) is 0 Å². The summed E-state index contributed by atoms with van der Waals surface area (Å²) < 4.78 is 64.8. The molecule has 1 aromatic carbocycles. The Morgan fingerprint density at radius 3 is 1.68 bits per heavy atom. The molecule has 0 aliphatic rings. The van der Waals surface area contributed by atoms with Gasteiger partial charge in [0, 0.05) is 0 Å². The van der Waals surface area contributed by atoms with E-state index < -0.39 is 28.5 Å². The second kappa shape index (κ2) is 10.1. The Hall–Kier alpha value is -0.331. The third kappa shape index (κ3) is 6.10. The molecule has 0 radical (unpaired) electrons. The van der Waals surface area contributed by atoms with Crippen molar-refractivity contribution in [1.29, 1.82) is 0 Å². The number of hydrogen-bond acceptors (Lipinski definition) is 0. The predicted molar refractivity (Wildman–Crippen MR) is 95.8 cm³/mol. The Morgan fingerprint density at radius 1 is 0.760 bits per heavy atom. The van der Waals surface area contributed by atoms with Crippen LogP contribution in [0.5, 0.6) is 0 Å². The number of aryl methyl sites for hydroxylation is 1. The van der Waals surface area contributed by atoms with Crippen molar-refractivity contribution in [2.75, 3.05) is 0 Å². The van der Waals surface area contributed by atoms with E-state index in [1.54, 1.807) is 0 Å². The van der Waals surface area contributed by atoms with Crippen LogP contribution < -0.4 is 0 Å². The molecule has 0 fully saturated rings. The Labute approximate surface area is 152 Å². The van der Waals surface area contributed by atoms with Crippen LogP contribution in [-0.4, -0.2) is 28.5 Å². The molecule has 0 nitrogen and oxygen atoms in total. The molecule has 0 aliphatic carbocycles. The van der Waals surface area contributed by atoms with Crippen molar-refractivity contribution in [1.82, 2.24) is 0 Å². The monoisotopic (exact) mass is 472 g/mol. The van der Waals surface area contributed by atoms with Gasteiger partial charge in [0.1, 0.15) is 0 Å². The van der Waals surface area contributed by atoms with Crippen LogP contribution in [0.1, 0.15) is 51.5 Å². The molecule has 144 valence electrons. The van der Waals surface area contributed by atoms with Crippen LogP contribution >= 0.6 is 0 Å². The van der Waals surface area contributed by atoms with Gasteiger partial charge in [-0.25, -0.2) is 0 Å². The summed E-state index contributed by atoms with van der Waals surface area (Å²) in [5, 5.41) is 0. The quantitative estimate of drug-likeness (QED) is 0.233. The summed E-state index contributed by atoms with van der Waals surface area (Å²) in [6.07, 6.45) is -2.11. The zero-order valence-corrected chi connectivity index (χ0v) is 18.0. The number of alkyl halides is 5. The molecule has 0 atom stereocenters. The van der Waals surface area contributed by atoms with Gasteiger partial charge < -0.3 is 0 Å². The fourth-order valence-corrected chi connectivity index (χ4v) is 18.3. The molecule has 0 heterocycles. The number of benzene rings is 1. The van der Waals surface area contributed by atoms with Crippen molar-refractivity contribution in [3.8, 4) is 0 Å². The molecule has 0 aromatic heterocycles. The summed E-state index contributed by atoms with van der Waals surface area (Å²) >= 11 is -4.74. The van der Waals surface area contributed by atoms with Crippen LogP contribution in [-0.2, 0) is 6.42 Å². The van der Waals surface area contributed by atoms with E-state index in [0.29, 0.717) is 38.5 Å². The van der Waals surface area contributed by atoms with Crippen LogP contribution in [0.25, 0.3) is 0 Å². The van der Waals surface area contributed by atoms with Gasteiger partial charge in [-0.1, -0.05) is 0 Å². The molecule has 0 N–H and O–H groups in total. The van der Waals surface area contributed by atoms with Gasteiger partial charge in [0.05, 0.1) is 0 Å². The first-order valence-corrected chi connectivity index (χ1v) is 16.7. The van der Waals surface area contributed by atoms with E-state index in [1.807, 2.05) is 44.2 Å². The van der Waals surface area contributed by atoms with Crippen molar-refractivity contribution in [3.63, 3.8) is 0 Å². The van der Waals surface area contributed by atoms with Gasteiger partial charge in [0.15, 0.2) is 0 Å². The van der Waals surface area contributed by atoms with E-state index in [-0.39, 0.29) is 13.3 Å². The van der Waals surface area contributed by atoms with Crippen molar-refractivity contribution in [3.05, 3.63) is 35.9 Å². The molecule has 1 aromatic rings. The average molecular weight is 471 g/mol. The van der Waals surface area contributed by atoms with Crippen LogP contribution in [0.2, 0.25) is 13.3 Å². The molecule has 1 rings (SSSR count). The Morgan fingerprint density at radius 2 is 1.24 bits per heavy atom. The molecule has 25 heavy (non-hydrogen) atoms. The van der Waals surface area contributed by atoms with Gasteiger partial charge in [-0.05, 0) is 0 Å². The molecule has 6 heteroatoms. The summed E-state index contributed by atoms with van der Waals surface area (Å²) in [7, 11) is 0. The summed E-state index contributed by atoms with van der Waals surface area (Å²) in [6, 6.07) is 9.40. The summed E-state index contributed by atoms with van der Waals surface area (Å²) in [6.45, 7) is 3.71. The second-order valence-corrected chi connectivity index (χ2v) is 20.3. The van der Waals surface area contributed by atoms with Crippen LogP contribution in [0.4, 0.5) is 22.0 Å². The van der Waals surface area contributed by atoms with Gasteiger partial charge in [0.25, 0.3) is 0 Å². The molecule has 0 unspecified atom stereocenters. The summed E-state index contributed by atoms with van der Waals surface area (Å²) in [4.78, 5) is 0. The van der Waals surface area contributed by atoms with Gasteiger partial charge in [-0.15, -0.1) is 0 Å². The van der Waals surface area contributed by atoms with Gasteiger partial charge >= 0.3 is 152 Å². The van der Waals surface area contributed by atoms with E-state index in [9.17, 15) is 22.0 Å². The Balaban J connectivity index is 3.01. The SMILES string of the molecule is CCC[CH2][Sn]([CH2]CCC)([CH2]CCc1ccccc1)[C](F)(F)C(F)(F)F. The van der Waals surface area contributed by atoms with Crippen molar-refractivity contribution < 1.29 is 22.0 Å². The zero-order valence-electron chi connectivity index (χ0n) is 15.1. The molecule has 0 aliphatic heterocycles. The van der Waals surface area contributed by atoms with Crippen LogP contribution in [0.15, 0.2) is 30.3 Å². The van der Waals surface area contributed by atoms with Crippen molar-refractivity contribution in [2.24, 2.45) is 0 Å². The molecule has 0 spiro atoms. The summed E-state index contributed by atoms with van der Waals surface area (Å²) in [5.74, 6) is 0. The molecular weight excluding hydrogens is 442 g/mol. The summed E-state index contributed by atoms with van der Waals surface area (Å²) in [5.41, 5.74) is 1.00. The standard InChI is InChI=1S/C9H11.2C4H9.C2F5.Sn/c1-2-6-9-7-4-3-5-8-9;2*1-3-4-2;3-1(4)2(5,6)7;/h3-5,7-8H,1-2,6H2;2*1,3-4H2,2H3;;. The second-order valence-electron chi connectivity index (χ2n) is 6.90. The van der Waals surface area contributed by atoms with Crippen molar-refractivity contribution >= 4 is 18.4 Å². The Kier molecular flexibility index (Phi) is 9.19. The number of rotatable bonds is 11. The molecule has 0 bridgehead atoms. The van der Waals surface area contributed by atoms with Crippen LogP contribution in [0.3, 0.4) is 0 Å². The van der Waals surface area contributed by atoms with Gasteiger partial charge in [0.2, 0.25) is 0 Å². The van der Waals surface area contributed by atoms with E-state index >= 15 is 0 Å². The predicted octanol–water partition coefficient (Wildman–Crippen LogP) is 7.41. The fourth-order valence-electron chi connectivity index (χ4n) is 3.45. The first-order valence-electron chi connectivity index (χ1n) is 9.18. The third-order valence-corrected chi connectivity index (χ3v) is 20.8. The average Bonchev–Trinajstić information content (AvgIpc) is 2.56. The van der Waals surface area contributed by atoms with Gasteiger partial charge in [-0.2, -0.15) is 0 Å². The number of halogens is 5. The molecule has 0 amide bonds. The minimum absolute atomic E-state index is 0.107. The fraction of sp³-hybridized carbons (Fsp3) is 0.684. The van der Waals surface area contributed by atoms with E-state index in [2.05, 4.69) is 0 Å². The van der Waals surface area contributed by atoms with Crippen molar-refractivity contribution in [2.45, 2.75) is 75.8 Å². The van der Waals surface area contributed by atoms with E-state index in [0.717, 1.165) is 5.56 Å². The molecule has 0 saturated heterocycles. The first-order chi connectivity index (χ1) is 11.7. The van der Waals surface area contributed by atoms with E-state index in [4.69, 9.17) is 0 Å².